The van der Waals surface area contributed by atoms with Gasteiger partial charge in [-0.1, -0.05) is 31.5 Å². The third kappa shape index (κ3) is 2.84. The van der Waals surface area contributed by atoms with Gasteiger partial charge in [0.2, 0.25) is 0 Å². The number of rotatable bonds is 4. The minimum absolute atomic E-state index is 0.278. The minimum Gasteiger partial charge on any atom is -0.392 e. The van der Waals surface area contributed by atoms with Gasteiger partial charge in [0.1, 0.15) is 0 Å². The molecule has 0 spiro atoms. The summed E-state index contributed by atoms with van der Waals surface area (Å²) in [7, 11) is -3.45. The lowest BCUT2D eigenvalue weighted by atomic mass is 10.00. The van der Waals surface area contributed by atoms with E-state index in [-0.39, 0.29) is 4.99 Å². The number of thiocarbonyl (C=S) groups is 1. The fraction of sp³-hybridized carbons (Fsp3) is 0.909. The number of nitrogens with two attached hydrogens (primary N) is 1. The van der Waals surface area contributed by atoms with Crippen LogP contribution < -0.4 is 10.5 Å². The molecule has 5 nitrogen and oxygen atoms in total. The molecule has 0 unspecified atom stereocenters. The molecule has 18 heavy (non-hydrogen) atoms. The number of nitrogens with one attached hydrogen (secondary N) is 1. The van der Waals surface area contributed by atoms with Crippen LogP contribution in [0.25, 0.3) is 0 Å². The van der Waals surface area contributed by atoms with Crippen LogP contribution in [0.1, 0.15) is 44.9 Å². The molecule has 104 valence electrons. The molecule has 2 aliphatic rings. The Morgan fingerprint density at radius 3 is 2.17 bits per heavy atom. The highest BCUT2D eigenvalue weighted by molar-refractivity contribution is 7.87. The largest absolute Gasteiger partial charge is 0.392 e. The molecule has 1 saturated carbocycles. The highest BCUT2D eigenvalue weighted by atomic mass is 32.2. The second-order valence-corrected chi connectivity index (χ2v) is 7.33. The molecular weight excluding hydrogens is 270 g/mol. The second kappa shape index (κ2) is 5.40. The highest BCUT2D eigenvalue weighted by Crippen LogP contribution is 2.31. The van der Waals surface area contributed by atoms with E-state index in [4.69, 9.17) is 18.0 Å². The average Bonchev–Trinajstić information content (AvgIpc) is 2.79. The molecule has 2 fully saturated rings. The molecule has 0 aromatic heterocycles. The third-order valence-electron chi connectivity index (χ3n) is 3.91. The van der Waals surface area contributed by atoms with Crippen LogP contribution in [0, 0.1) is 0 Å². The Morgan fingerprint density at radius 1 is 1.11 bits per heavy atom. The maximum absolute atomic E-state index is 12.4. The van der Waals surface area contributed by atoms with E-state index in [0.29, 0.717) is 13.1 Å². The Balaban J connectivity index is 2.12. The molecule has 1 aliphatic heterocycles. The van der Waals surface area contributed by atoms with Gasteiger partial charge in [-0.05, 0) is 25.7 Å². The van der Waals surface area contributed by atoms with Crippen molar-refractivity contribution in [1.82, 2.24) is 9.03 Å². The number of hydrogen-bond donors (Lipinski definition) is 2. The molecule has 0 aromatic carbocycles. The molecule has 2 rings (SSSR count). The van der Waals surface area contributed by atoms with E-state index >= 15 is 0 Å². The Kier molecular flexibility index (Phi) is 4.25. The molecule has 1 heterocycles. The van der Waals surface area contributed by atoms with Crippen LogP contribution in [-0.4, -0.2) is 36.3 Å². The van der Waals surface area contributed by atoms with Crippen LogP contribution in [-0.2, 0) is 10.2 Å². The Bertz CT molecular complexity index is 410. The quantitative estimate of drug-likeness (QED) is 0.755. The van der Waals surface area contributed by atoms with Crippen molar-refractivity contribution in [3.63, 3.8) is 0 Å². The molecule has 0 aromatic rings. The fourth-order valence-corrected chi connectivity index (χ4v) is 4.79. The Hall–Kier alpha value is -0.240. The first-order valence-corrected chi connectivity index (χ1v) is 8.40. The summed E-state index contributed by atoms with van der Waals surface area (Å²) in [4.78, 5) is 0.278. The first kappa shape index (κ1) is 14.2. The van der Waals surface area contributed by atoms with Crippen molar-refractivity contribution in [3.05, 3.63) is 0 Å². The molecule has 0 bridgehead atoms. The summed E-state index contributed by atoms with van der Waals surface area (Å²) in [6.45, 7) is 1.20. The van der Waals surface area contributed by atoms with Crippen molar-refractivity contribution >= 4 is 27.4 Å². The summed E-state index contributed by atoms with van der Waals surface area (Å²) >= 11 is 5.07. The smallest absolute Gasteiger partial charge is 0.280 e. The van der Waals surface area contributed by atoms with Gasteiger partial charge >= 0.3 is 0 Å². The van der Waals surface area contributed by atoms with Gasteiger partial charge in [-0.25, -0.2) is 0 Å². The van der Waals surface area contributed by atoms with Crippen molar-refractivity contribution in [2.45, 2.75) is 50.5 Å². The molecule has 0 radical (unpaired) electrons. The van der Waals surface area contributed by atoms with Crippen LogP contribution in [0.15, 0.2) is 0 Å². The summed E-state index contributed by atoms with van der Waals surface area (Å²) in [5.74, 6) is 0. The number of piperidine rings is 1. The molecule has 7 heteroatoms. The van der Waals surface area contributed by atoms with Crippen LogP contribution in [0.3, 0.4) is 0 Å². The van der Waals surface area contributed by atoms with Gasteiger partial charge in [0.15, 0.2) is 0 Å². The summed E-state index contributed by atoms with van der Waals surface area (Å²) < 4.78 is 29.0. The van der Waals surface area contributed by atoms with Crippen LogP contribution in [0.2, 0.25) is 0 Å². The molecule has 1 aliphatic carbocycles. The molecule has 3 N–H and O–H groups in total. The first-order chi connectivity index (χ1) is 8.46. The third-order valence-corrected chi connectivity index (χ3v) is 5.99. The van der Waals surface area contributed by atoms with Gasteiger partial charge in [-0.2, -0.15) is 17.4 Å². The van der Waals surface area contributed by atoms with Crippen molar-refractivity contribution < 1.29 is 8.42 Å². The van der Waals surface area contributed by atoms with E-state index in [1.54, 1.807) is 0 Å². The van der Waals surface area contributed by atoms with Crippen molar-refractivity contribution in [2.75, 3.05) is 13.1 Å². The monoisotopic (exact) mass is 291 g/mol. The van der Waals surface area contributed by atoms with E-state index < -0.39 is 15.7 Å². The predicted molar refractivity (Wildman–Crippen MR) is 75.5 cm³/mol. The molecule has 1 saturated heterocycles. The van der Waals surface area contributed by atoms with Crippen molar-refractivity contribution in [2.24, 2.45) is 5.73 Å². The van der Waals surface area contributed by atoms with E-state index in [0.717, 1.165) is 44.9 Å². The summed E-state index contributed by atoms with van der Waals surface area (Å²) in [6, 6.07) is 0. The van der Waals surface area contributed by atoms with E-state index in [1.807, 2.05) is 0 Å². The standard InChI is InChI=1S/C11H21N3O2S2/c12-10(17)11(6-2-3-7-11)13-18(15,16)14-8-4-1-5-9-14/h13H,1-9H2,(H2,12,17). The Labute approximate surface area is 114 Å². The molecular formula is C11H21N3O2S2. The average molecular weight is 291 g/mol. The van der Waals surface area contributed by atoms with E-state index in [1.165, 1.54) is 4.31 Å². The predicted octanol–water partition coefficient (Wildman–Crippen LogP) is 0.906. The maximum Gasteiger partial charge on any atom is 0.280 e. The topological polar surface area (TPSA) is 75.4 Å². The van der Waals surface area contributed by atoms with Crippen LogP contribution in [0.5, 0.6) is 0 Å². The van der Waals surface area contributed by atoms with Gasteiger partial charge in [-0.3, -0.25) is 0 Å². The maximum atomic E-state index is 12.4. The van der Waals surface area contributed by atoms with Crippen molar-refractivity contribution in [3.8, 4) is 0 Å². The van der Waals surface area contributed by atoms with Gasteiger partial charge in [0.25, 0.3) is 10.2 Å². The second-order valence-electron chi connectivity index (χ2n) is 5.22. The summed E-state index contributed by atoms with van der Waals surface area (Å²) in [6.07, 6.45) is 6.35. The molecule has 0 atom stereocenters. The zero-order valence-electron chi connectivity index (χ0n) is 10.5. The van der Waals surface area contributed by atoms with Crippen LogP contribution >= 0.6 is 12.2 Å². The number of hydrogen-bond acceptors (Lipinski definition) is 3. The van der Waals surface area contributed by atoms with E-state index in [2.05, 4.69) is 4.72 Å². The van der Waals surface area contributed by atoms with Crippen LogP contribution in [0.4, 0.5) is 0 Å². The minimum atomic E-state index is -3.45. The van der Waals surface area contributed by atoms with Gasteiger partial charge in [-0.15, -0.1) is 0 Å². The van der Waals surface area contributed by atoms with Crippen molar-refractivity contribution in [1.29, 1.82) is 0 Å². The van der Waals surface area contributed by atoms with E-state index in [9.17, 15) is 8.42 Å². The van der Waals surface area contributed by atoms with Gasteiger partial charge < -0.3 is 5.73 Å². The fourth-order valence-electron chi connectivity index (χ4n) is 2.79. The van der Waals surface area contributed by atoms with Gasteiger partial charge in [0, 0.05) is 13.1 Å². The highest BCUT2D eigenvalue weighted by Gasteiger charge is 2.41. The zero-order valence-corrected chi connectivity index (χ0v) is 12.2. The number of nitrogens with zero attached hydrogens (tertiary/aromatic N) is 1. The SMILES string of the molecule is NC(=S)C1(NS(=O)(=O)N2CCCCC2)CCCC1. The Morgan fingerprint density at radius 2 is 1.67 bits per heavy atom. The lowest BCUT2D eigenvalue weighted by molar-refractivity contribution is 0.334. The van der Waals surface area contributed by atoms with Gasteiger partial charge in [0.05, 0.1) is 10.5 Å². The normalized spacial score (nSPS) is 25.1. The molecule has 0 amide bonds. The first-order valence-electron chi connectivity index (χ1n) is 6.55. The lowest BCUT2D eigenvalue weighted by Gasteiger charge is -2.33. The summed E-state index contributed by atoms with van der Waals surface area (Å²) in [5, 5.41) is 0. The summed E-state index contributed by atoms with van der Waals surface area (Å²) in [5.41, 5.74) is 5.07. The zero-order chi connectivity index (χ0) is 13.2. The lowest BCUT2D eigenvalue weighted by Crippen LogP contribution is -2.58.